The Bertz CT molecular complexity index is 1140. The molecule has 2 aromatic carbocycles. The van der Waals surface area contributed by atoms with Crippen molar-refractivity contribution in [1.29, 1.82) is 0 Å². The van der Waals surface area contributed by atoms with E-state index in [4.69, 9.17) is 9.47 Å². The minimum Gasteiger partial charge on any atom is -0.493 e. The smallest absolute Gasteiger partial charge is 0.274 e. The van der Waals surface area contributed by atoms with E-state index in [9.17, 15) is 14.0 Å². The summed E-state index contributed by atoms with van der Waals surface area (Å²) in [4.78, 5) is 29.1. The molecule has 1 saturated heterocycles. The van der Waals surface area contributed by atoms with Crippen molar-refractivity contribution in [3.63, 3.8) is 0 Å². The second-order valence-electron chi connectivity index (χ2n) is 7.25. The molecule has 0 bridgehead atoms. The summed E-state index contributed by atoms with van der Waals surface area (Å²) in [7, 11) is 3.05. The largest absolute Gasteiger partial charge is 0.493 e. The normalized spacial score (nSPS) is 13.7. The van der Waals surface area contributed by atoms with E-state index in [1.54, 1.807) is 58.5 Å². The molecule has 0 aliphatic carbocycles. The Kier molecular flexibility index (Phi) is 6.07. The summed E-state index contributed by atoms with van der Waals surface area (Å²) >= 11 is 0. The lowest BCUT2D eigenvalue weighted by molar-refractivity contribution is 0.0532. The van der Waals surface area contributed by atoms with Crippen molar-refractivity contribution in [2.45, 2.75) is 0 Å². The Balaban J connectivity index is 1.40. The number of hydrogen-bond donors (Lipinski definition) is 0. The highest BCUT2D eigenvalue weighted by Gasteiger charge is 2.27. The second-order valence-corrected chi connectivity index (χ2v) is 7.25. The number of amides is 2. The van der Waals surface area contributed by atoms with Gasteiger partial charge in [0.2, 0.25) is 0 Å². The van der Waals surface area contributed by atoms with Crippen molar-refractivity contribution < 1.29 is 23.5 Å². The van der Waals surface area contributed by atoms with Gasteiger partial charge in [-0.1, -0.05) is 12.1 Å². The highest BCUT2D eigenvalue weighted by Crippen LogP contribution is 2.28. The van der Waals surface area contributed by atoms with Crippen LogP contribution in [0.5, 0.6) is 11.5 Å². The molecule has 32 heavy (non-hydrogen) atoms. The first-order valence-corrected chi connectivity index (χ1v) is 10.1. The number of para-hydroxylation sites is 1. The fourth-order valence-corrected chi connectivity index (χ4v) is 3.64. The van der Waals surface area contributed by atoms with Crippen LogP contribution in [0.3, 0.4) is 0 Å². The second kappa shape index (κ2) is 9.09. The molecule has 0 spiro atoms. The topological polar surface area (TPSA) is 76.9 Å². The van der Waals surface area contributed by atoms with E-state index in [2.05, 4.69) is 5.10 Å². The van der Waals surface area contributed by atoms with E-state index in [1.807, 2.05) is 0 Å². The summed E-state index contributed by atoms with van der Waals surface area (Å²) in [5.41, 5.74) is 0.996. The van der Waals surface area contributed by atoms with Crippen molar-refractivity contribution in [3.8, 4) is 17.2 Å². The van der Waals surface area contributed by atoms with Gasteiger partial charge in [0.1, 0.15) is 11.5 Å². The highest BCUT2D eigenvalue weighted by atomic mass is 19.1. The maximum Gasteiger partial charge on any atom is 0.274 e. The summed E-state index contributed by atoms with van der Waals surface area (Å²) < 4.78 is 25.8. The van der Waals surface area contributed by atoms with Crippen LogP contribution in [0.2, 0.25) is 0 Å². The lowest BCUT2D eigenvalue weighted by Crippen LogP contribution is -2.50. The van der Waals surface area contributed by atoms with Crippen LogP contribution in [0.15, 0.2) is 54.7 Å². The van der Waals surface area contributed by atoms with Gasteiger partial charge in [-0.05, 0) is 36.4 Å². The third-order valence-corrected chi connectivity index (χ3v) is 5.39. The standard InChI is InChI=1S/C23H23FN4O4/c1-31-20-8-7-16(15-21(20)32-2)22(29)26-11-13-27(14-12-26)23(30)18-9-10-28(25-18)19-6-4-3-5-17(19)24/h3-10,15H,11-14H2,1-2H3. The molecule has 1 aliphatic heterocycles. The van der Waals surface area contributed by atoms with Crippen LogP contribution in [0.4, 0.5) is 4.39 Å². The van der Waals surface area contributed by atoms with Crippen LogP contribution in [0.25, 0.3) is 5.69 Å². The first-order chi connectivity index (χ1) is 15.5. The van der Waals surface area contributed by atoms with E-state index >= 15 is 0 Å². The van der Waals surface area contributed by atoms with Gasteiger partial charge in [0.15, 0.2) is 17.2 Å². The molecule has 0 atom stereocenters. The Morgan fingerprint density at radius 1 is 0.875 bits per heavy atom. The average Bonchev–Trinajstić information content (AvgIpc) is 3.33. The van der Waals surface area contributed by atoms with Crippen LogP contribution in [-0.2, 0) is 0 Å². The average molecular weight is 438 g/mol. The quantitative estimate of drug-likeness (QED) is 0.612. The number of nitrogens with zero attached hydrogens (tertiary/aromatic N) is 4. The molecule has 8 nitrogen and oxygen atoms in total. The molecule has 2 heterocycles. The van der Waals surface area contributed by atoms with E-state index in [0.717, 1.165) is 0 Å². The first kappa shape index (κ1) is 21.4. The van der Waals surface area contributed by atoms with Crippen molar-refractivity contribution >= 4 is 11.8 Å². The lowest BCUT2D eigenvalue weighted by Gasteiger charge is -2.34. The van der Waals surface area contributed by atoms with Gasteiger partial charge >= 0.3 is 0 Å². The van der Waals surface area contributed by atoms with Crippen molar-refractivity contribution in [2.75, 3.05) is 40.4 Å². The zero-order valence-corrected chi connectivity index (χ0v) is 17.8. The van der Waals surface area contributed by atoms with Crippen LogP contribution in [0, 0.1) is 5.82 Å². The van der Waals surface area contributed by atoms with Crippen LogP contribution in [0.1, 0.15) is 20.8 Å². The number of halogens is 1. The van der Waals surface area contributed by atoms with Crippen LogP contribution in [-0.4, -0.2) is 71.8 Å². The number of methoxy groups -OCH3 is 2. The third-order valence-electron chi connectivity index (χ3n) is 5.39. The molecule has 1 aromatic heterocycles. The van der Waals surface area contributed by atoms with Crippen molar-refractivity contribution in [1.82, 2.24) is 19.6 Å². The van der Waals surface area contributed by atoms with Crippen molar-refractivity contribution in [2.24, 2.45) is 0 Å². The molecule has 0 unspecified atom stereocenters. The Morgan fingerprint density at radius 3 is 2.19 bits per heavy atom. The minimum absolute atomic E-state index is 0.137. The number of aromatic nitrogens is 2. The molecular formula is C23H23FN4O4. The molecule has 1 fully saturated rings. The Hall–Kier alpha value is -3.88. The summed E-state index contributed by atoms with van der Waals surface area (Å²) in [6.07, 6.45) is 1.56. The van der Waals surface area contributed by atoms with Gasteiger partial charge in [-0.3, -0.25) is 9.59 Å². The van der Waals surface area contributed by atoms with Gasteiger partial charge in [-0.15, -0.1) is 0 Å². The fourth-order valence-electron chi connectivity index (χ4n) is 3.64. The molecule has 0 saturated carbocycles. The van der Waals surface area contributed by atoms with Crippen LogP contribution >= 0.6 is 0 Å². The van der Waals surface area contributed by atoms with E-state index in [0.29, 0.717) is 43.2 Å². The van der Waals surface area contributed by atoms with Gasteiger partial charge in [-0.25, -0.2) is 9.07 Å². The van der Waals surface area contributed by atoms with Crippen molar-refractivity contribution in [3.05, 3.63) is 71.8 Å². The SMILES string of the molecule is COc1ccc(C(=O)N2CCN(C(=O)c3ccn(-c4ccccc4F)n3)CC2)cc1OC. The number of carbonyl (C=O) groups is 2. The fraction of sp³-hybridized carbons (Fsp3) is 0.261. The predicted molar refractivity (Wildman–Crippen MR) is 115 cm³/mol. The predicted octanol–water partition coefficient (Wildman–Crippen LogP) is 2.63. The molecule has 1 aliphatic rings. The molecule has 9 heteroatoms. The van der Waals surface area contributed by atoms with E-state index in [-0.39, 0.29) is 23.2 Å². The third kappa shape index (κ3) is 4.14. The number of benzene rings is 2. The summed E-state index contributed by atoms with van der Waals surface area (Å²) in [5.74, 6) is 0.226. The van der Waals surface area contributed by atoms with Gasteiger partial charge in [-0.2, -0.15) is 5.10 Å². The summed E-state index contributed by atoms with van der Waals surface area (Å²) in [6, 6.07) is 12.8. The van der Waals surface area contributed by atoms with Gasteiger partial charge < -0.3 is 19.3 Å². The molecule has 0 N–H and O–H groups in total. The number of ether oxygens (including phenoxy) is 2. The van der Waals surface area contributed by atoms with Gasteiger partial charge in [0.05, 0.1) is 14.2 Å². The highest BCUT2D eigenvalue weighted by molar-refractivity contribution is 5.95. The molecule has 2 amide bonds. The lowest BCUT2D eigenvalue weighted by atomic mass is 10.1. The Labute approximate surface area is 184 Å². The van der Waals surface area contributed by atoms with E-state index < -0.39 is 5.82 Å². The number of carbonyl (C=O) groups excluding carboxylic acids is 2. The first-order valence-electron chi connectivity index (χ1n) is 10.1. The Morgan fingerprint density at radius 2 is 1.53 bits per heavy atom. The molecule has 4 rings (SSSR count). The zero-order chi connectivity index (χ0) is 22.7. The molecular weight excluding hydrogens is 415 g/mol. The molecule has 3 aromatic rings. The number of piperazine rings is 1. The molecule has 166 valence electrons. The number of rotatable bonds is 5. The van der Waals surface area contributed by atoms with Gasteiger partial charge in [0, 0.05) is 37.9 Å². The summed E-state index contributed by atoms with van der Waals surface area (Å²) in [5, 5.41) is 4.23. The van der Waals surface area contributed by atoms with Gasteiger partial charge in [0.25, 0.3) is 11.8 Å². The maximum atomic E-state index is 14.0. The zero-order valence-electron chi connectivity index (χ0n) is 17.8. The molecule has 0 radical (unpaired) electrons. The number of hydrogen-bond acceptors (Lipinski definition) is 5. The van der Waals surface area contributed by atoms with E-state index in [1.165, 1.54) is 25.0 Å². The summed E-state index contributed by atoms with van der Waals surface area (Å²) in [6.45, 7) is 1.55. The minimum atomic E-state index is -0.420. The van der Waals surface area contributed by atoms with Crippen LogP contribution < -0.4 is 9.47 Å². The monoisotopic (exact) mass is 438 g/mol. The maximum absolute atomic E-state index is 14.0.